The first-order valence-corrected chi connectivity index (χ1v) is 12.9. The lowest BCUT2D eigenvalue weighted by molar-refractivity contribution is -0.147. The second-order valence-corrected chi connectivity index (χ2v) is 10.1. The lowest BCUT2D eigenvalue weighted by Gasteiger charge is -2.30. The number of rotatable bonds is 13. The summed E-state index contributed by atoms with van der Waals surface area (Å²) in [4.78, 5) is 43.4. The van der Waals surface area contributed by atoms with Crippen molar-refractivity contribution in [1.29, 1.82) is 0 Å². The van der Waals surface area contributed by atoms with Crippen LogP contribution in [0.5, 0.6) is 0 Å². The molecule has 0 spiro atoms. The van der Waals surface area contributed by atoms with Gasteiger partial charge in [-0.2, -0.15) is 0 Å². The topological polar surface area (TPSA) is 112 Å². The standard InChI is InChI=1S/C29H40N4O4/c1-21(2)18-26(25(29(36)32-37)14-8-12-23-10-6-5-7-11-23)28(35)31-33(20-22(3)4)27(34)16-15-24-13-9-17-30-19-24/h5-13,17,19,21-22,25-26,37H,14-16,18,20H2,1-4H3,(H,31,35)(H,32,36)/t25-,26+/m0/s1. The third-order valence-electron chi connectivity index (χ3n) is 5.94. The smallest absolute Gasteiger partial charge is 0.247 e. The van der Waals surface area contributed by atoms with Gasteiger partial charge in [-0.25, -0.2) is 5.48 Å². The number of nitrogens with one attached hydrogen (secondary N) is 2. The number of benzene rings is 1. The lowest BCUT2D eigenvalue weighted by atomic mass is 9.82. The fourth-order valence-electron chi connectivity index (χ4n) is 4.14. The molecule has 0 saturated heterocycles. The molecule has 200 valence electrons. The van der Waals surface area contributed by atoms with Gasteiger partial charge >= 0.3 is 0 Å². The number of hydrazine groups is 1. The molecule has 8 nitrogen and oxygen atoms in total. The quantitative estimate of drug-likeness (QED) is 0.274. The Labute approximate surface area is 220 Å². The Morgan fingerprint density at radius 3 is 2.30 bits per heavy atom. The van der Waals surface area contributed by atoms with Crippen LogP contribution in [0.15, 0.2) is 60.9 Å². The van der Waals surface area contributed by atoms with E-state index in [9.17, 15) is 19.6 Å². The van der Waals surface area contributed by atoms with E-state index in [2.05, 4.69) is 10.4 Å². The molecule has 3 N–H and O–H groups in total. The molecule has 3 amide bonds. The van der Waals surface area contributed by atoms with E-state index in [0.29, 0.717) is 19.4 Å². The Morgan fingerprint density at radius 2 is 1.70 bits per heavy atom. The van der Waals surface area contributed by atoms with Gasteiger partial charge in [-0.05, 0) is 48.3 Å². The first-order chi connectivity index (χ1) is 17.7. The molecule has 1 aromatic heterocycles. The molecule has 0 saturated carbocycles. The molecular formula is C29H40N4O4. The highest BCUT2D eigenvalue weighted by Crippen LogP contribution is 2.26. The number of hydrogen-bond donors (Lipinski definition) is 3. The monoisotopic (exact) mass is 508 g/mol. The van der Waals surface area contributed by atoms with E-state index >= 15 is 0 Å². The van der Waals surface area contributed by atoms with Crippen LogP contribution in [0.1, 0.15) is 58.1 Å². The molecule has 2 atom stereocenters. The van der Waals surface area contributed by atoms with Gasteiger partial charge in [-0.3, -0.25) is 35.0 Å². The van der Waals surface area contributed by atoms with Gasteiger partial charge in [0, 0.05) is 25.4 Å². The predicted octanol–water partition coefficient (Wildman–Crippen LogP) is 4.42. The number of hydroxylamine groups is 1. The van der Waals surface area contributed by atoms with Gasteiger partial charge in [-0.15, -0.1) is 0 Å². The maximum absolute atomic E-state index is 13.5. The zero-order valence-electron chi connectivity index (χ0n) is 22.3. The van der Waals surface area contributed by atoms with E-state index in [-0.39, 0.29) is 30.6 Å². The van der Waals surface area contributed by atoms with Crippen LogP contribution in [0.2, 0.25) is 0 Å². The lowest BCUT2D eigenvalue weighted by Crippen LogP contribution is -2.52. The van der Waals surface area contributed by atoms with Crippen LogP contribution in [0.4, 0.5) is 0 Å². The molecular weight excluding hydrogens is 468 g/mol. The highest BCUT2D eigenvalue weighted by molar-refractivity contribution is 5.89. The van der Waals surface area contributed by atoms with E-state index < -0.39 is 23.7 Å². The van der Waals surface area contributed by atoms with Crippen LogP contribution >= 0.6 is 0 Å². The number of hydrogen-bond acceptors (Lipinski definition) is 5. The molecule has 0 unspecified atom stereocenters. The molecule has 0 fully saturated rings. The van der Waals surface area contributed by atoms with E-state index in [1.807, 2.05) is 82.3 Å². The SMILES string of the molecule is CC(C)C[C@@H](C(=O)NN(CC(C)C)C(=O)CCc1cccnc1)[C@H](CC=Cc1ccccc1)C(=O)NO. The summed E-state index contributed by atoms with van der Waals surface area (Å²) >= 11 is 0. The Morgan fingerprint density at radius 1 is 0.973 bits per heavy atom. The second kappa shape index (κ2) is 15.6. The van der Waals surface area contributed by atoms with Crippen LogP contribution in [-0.4, -0.2) is 39.5 Å². The minimum Gasteiger partial charge on any atom is -0.289 e. The highest BCUT2D eigenvalue weighted by Gasteiger charge is 2.35. The maximum atomic E-state index is 13.5. The number of nitrogens with zero attached hydrogens (tertiary/aromatic N) is 2. The number of aromatic nitrogens is 1. The number of aryl methyl sites for hydroxylation is 1. The van der Waals surface area contributed by atoms with Crippen molar-refractivity contribution in [2.24, 2.45) is 23.7 Å². The number of carbonyl (C=O) groups is 3. The van der Waals surface area contributed by atoms with Gasteiger partial charge in [0.1, 0.15) is 0 Å². The molecule has 0 aliphatic carbocycles. The minimum absolute atomic E-state index is 0.114. The Kier molecular flexibility index (Phi) is 12.5. The summed E-state index contributed by atoms with van der Waals surface area (Å²) in [7, 11) is 0. The van der Waals surface area contributed by atoms with Crippen molar-refractivity contribution in [3.8, 4) is 0 Å². The Hall–Kier alpha value is -3.52. The molecule has 1 aromatic carbocycles. The summed E-state index contributed by atoms with van der Waals surface area (Å²) in [5.41, 5.74) is 6.44. The van der Waals surface area contributed by atoms with Crippen LogP contribution in [0, 0.1) is 23.7 Å². The van der Waals surface area contributed by atoms with Gasteiger partial charge < -0.3 is 0 Å². The zero-order valence-corrected chi connectivity index (χ0v) is 22.3. The van der Waals surface area contributed by atoms with Crippen LogP contribution in [0.3, 0.4) is 0 Å². The van der Waals surface area contributed by atoms with Crippen LogP contribution in [0.25, 0.3) is 6.08 Å². The van der Waals surface area contributed by atoms with Crippen molar-refractivity contribution in [3.05, 3.63) is 72.1 Å². The van der Waals surface area contributed by atoms with E-state index in [0.717, 1.165) is 11.1 Å². The van der Waals surface area contributed by atoms with Gasteiger partial charge in [0.2, 0.25) is 17.7 Å². The van der Waals surface area contributed by atoms with Crippen LogP contribution < -0.4 is 10.9 Å². The first kappa shape index (κ1) is 29.7. The number of pyridine rings is 1. The molecule has 37 heavy (non-hydrogen) atoms. The van der Waals surface area contributed by atoms with Gasteiger partial charge in [0.05, 0.1) is 11.8 Å². The van der Waals surface area contributed by atoms with Gasteiger partial charge in [-0.1, -0.05) is 76.2 Å². The van der Waals surface area contributed by atoms with E-state index in [4.69, 9.17) is 0 Å². The zero-order chi connectivity index (χ0) is 27.2. The molecule has 0 bridgehead atoms. The summed E-state index contributed by atoms with van der Waals surface area (Å²) in [6.07, 6.45) is 8.52. The first-order valence-electron chi connectivity index (χ1n) is 12.9. The average molecular weight is 509 g/mol. The van der Waals surface area contributed by atoms with Crippen molar-refractivity contribution in [1.82, 2.24) is 20.9 Å². The third kappa shape index (κ3) is 10.6. The van der Waals surface area contributed by atoms with Crippen molar-refractivity contribution >= 4 is 23.8 Å². The number of carbonyl (C=O) groups excluding carboxylic acids is 3. The van der Waals surface area contributed by atoms with Crippen molar-refractivity contribution < 1.29 is 19.6 Å². The summed E-state index contributed by atoms with van der Waals surface area (Å²) in [6, 6.07) is 13.4. The predicted molar refractivity (Wildman–Crippen MR) is 144 cm³/mol. The summed E-state index contributed by atoms with van der Waals surface area (Å²) in [5, 5.41) is 10.8. The average Bonchev–Trinajstić information content (AvgIpc) is 2.88. The summed E-state index contributed by atoms with van der Waals surface area (Å²) in [5.74, 6) is -2.56. The van der Waals surface area contributed by atoms with Gasteiger partial charge in [0.15, 0.2) is 0 Å². The molecule has 8 heteroatoms. The fraction of sp³-hybridized carbons (Fsp3) is 0.448. The summed E-state index contributed by atoms with van der Waals surface area (Å²) in [6.45, 7) is 8.22. The molecule has 2 aromatic rings. The van der Waals surface area contributed by atoms with Crippen molar-refractivity contribution in [2.75, 3.05) is 6.54 Å². The molecule has 2 rings (SSSR count). The van der Waals surface area contributed by atoms with E-state index in [1.54, 1.807) is 17.9 Å². The Balaban J connectivity index is 2.20. The second-order valence-electron chi connectivity index (χ2n) is 10.1. The fourth-order valence-corrected chi connectivity index (χ4v) is 4.14. The molecule has 1 heterocycles. The van der Waals surface area contributed by atoms with Crippen molar-refractivity contribution in [3.63, 3.8) is 0 Å². The summed E-state index contributed by atoms with van der Waals surface area (Å²) < 4.78 is 0. The molecule has 0 aliphatic heterocycles. The maximum Gasteiger partial charge on any atom is 0.247 e. The molecule has 0 aliphatic rings. The third-order valence-corrected chi connectivity index (χ3v) is 5.94. The van der Waals surface area contributed by atoms with Crippen molar-refractivity contribution in [2.45, 2.75) is 53.4 Å². The van der Waals surface area contributed by atoms with Crippen LogP contribution in [-0.2, 0) is 20.8 Å². The van der Waals surface area contributed by atoms with Gasteiger partial charge in [0.25, 0.3) is 0 Å². The molecule has 0 radical (unpaired) electrons. The van der Waals surface area contributed by atoms with E-state index in [1.165, 1.54) is 5.01 Å². The normalized spacial score (nSPS) is 12.9. The number of allylic oxidation sites excluding steroid dienone is 1. The number of amides is 3. The highest BCUT2D eigenvalue weighted by atomic mass is 16.5. The Bertz CT molecular complexity index is 1010. The minimum atomic E-state index is -0.807. The largest absolute Gasteiger partial charge is 0.289 e.